The van der Waals surface area contributed by atoms with Crippen molar-refractivity contribution in [1.82, 2.24) is 0 Å². The quantitative estimate of drug-likeness (QED) is 0.457. The summed E-state index contributed by atoms with van der Waals surface area (Å²) in [5, 5.41) is 0. The molecule has 0 aromatic carbocycles. The summed E-state index contributed by atoms with van der Waals surface area (Å²) in [4.78, 5) is 41.7. The second-order valence-corrected chi connectivity index (χ2v) is 5.46. The van der Waals surface area contributed by atoms with Crippen LogP contribution in [0.1, 0.15) is 40.0 Å². The van der Waals surface area contributed by atoms with Gasteiger partial charge < -0.3 is 0 Å². The summed E-state index contributed by atoms with van der Waals surface area (Å²) in [6, 6.07) is 0. The second kappa shape index (κ2) is 6.58. The monoisotopic (exact) mass is 292 g/mol. The van der Waals surface area contributed by atoms with Crippen molar-refractivity contribution in [2.75, 3.05) is 12.4 Å². The molecular weight excluding hydrogens is 272 g/mol. The largest absolute Gasteiger partial charge is 0.392 e. The van der Waals surface area contributed by atoms with E-state index in [0.29, 0.717) is 12.2 Å². The molecule has 0 aliphatic carbocycles. The molecule has 1 heterocycles. The maximum atomic E-state index is 11.9. The maximum absolute atomic E-state index is 11.9. The fourth-order valence-electron chi connectivity index (χ4n) is 1.41. The number of thiol groups is 1. The summed E-state index contributed by atoms with van der Waals surface area (Å²) in [6.07, 6.45) is 2.45. The van der Waals surface area contributed by atoms with Crippen LogP contribution < -0.4 is 0 Å². The number of hydrogen-bond acceptors (Lipinski definition) is 7. The smallest absolute Gasteiger partial charge is 0.247 e. The maximum Gasteiger partial charge on any atom is 0.392 e. The second-order valence-electron chi connectivity index (χ2n) is 5.14. The molecule has 0 aromatic rings. The van der Waals surface area contributed by atoms with Gasteiger partial charge in [-0.15, -0.1) is 0 Å². The molecule has 0 spiro atoms. The summed E-state index contributed by atoms with van der Waals surface area (Å²) in [6.45, 7) is 5.32. The zero-order chi connectivity index (χ0) is 14.5. The van der Waals surface area contributed by atoms with E-state index >= 15 is 0 Å². The fourth-order valence-corrected chi connectivity index (χ4v) is 1.69. The lowest BCUT2D eigenvalue weighted by Gasteiger charge is -2.32. The standard InChI is InChI=1S/C12H20O6S/c1-4-5-6-11(2,8-19)9(13)16-17-10(14)12(3)7-15-18-12/h19H,4-8H2,1-3H3. The summed E-state index contributed by atoms with van der Waals surface area (Å²) < 4.78 is 0. The molecule has 0 saturated carbocycles. The van der Waals surface area contributed by atoms with Crippen molar-refractivity contribution >= 4 is 24.6 Å². The van der Waals surface area contributed by atoms with Crippen LogP contribution >= 0.6 is 12.6 Å². The van der Waals surface area contributed by atoms with Crippen molar-refractivity contribution < 1.29 is 29.1 Å². The Morgan fingerprint density at radius 1 is 1.42 bits per heavy atom. The molecular formula is C12H20O6S. The van der Waals surface area contributed by atoms with Crippen LogP contribution in [0.4, 0.5) is 0 Å². The lowest BCUT2D eigenvalue weighted by Crippen LogP contribution is -2.52. The predicted octanol–water partition coefficient (Wildman–Crippen LogP) is 1.83. The molecule has 7 heteroatoms. The SMILES string of the molecule is CCCCC(C)(CS)C(=O)OOC(=O)C1(C)COO1. The van der Waals surface area contributed by atoms with Crippen LogP contribution in [0.3, 0.4) is 0 Å². The molecule has 1 aliphatic heterocycles. The van der Waals surface area contributed by atoms with Crippen LogP contribution in [0.2, 0.25) is 0 Å². The van der Waals surface area contributed by atoms with E-state index in [9.17, 15) is 9.59 Å². The predicted molar refractivity (Wildman–Crippen MR) is 69.1 cm³/mol. The van der Waals surface area contributed by atoms with Gasteiger partial charge in [-0.05, 0) is 20.3 Å². The molecule has 1 rings (SSSR count). The van der Waals surface area contributed by atoms with Crippen LogP contribution in [-0.2, 0) is 29.1 Å². The van der Waals surface area contributed by atoms with Gasteiger partial charge in [-0.1, -0.05) is 19.8 Å². The Labute approximate surface area is 118 Å². The van der Waals surface area contributed by atoms with Crippen molar-refractivity contribution in [1.29, 1.82) is 0 Å². The topological polar surface area (TPSA) is 71.1 Å². The van der Waals surface area contributed by atoms with Crippen molar-refractivity contribution in [3.8, 4) is 0 Å². The van der Waals surface area contributed by atoms with Crippen LogP contribution in [0.15, 0.2) is 0 Å². The summed E-state index contributed by atoms with van der Waals surface area (Å²) in [7, 11) is 0. The normalized spacial score (nSPS) is 25.1. The molecule has 6 nitrogen and oxygen atoms in total. The highest BCUT2D eigenvalue weighted by Crippen LogP contribution is 2.28. The first kappa shape index (κ1) is 16.3. The van der Waals surface area contributed by atoms with E-state index in [4.69, 9.17) is 0 Å². The molecule has 1 aliphatic rings. The number of carbonyl (C=O) groups is 2. The number of unbranched alkanes of at least 4 members (excludes halogenated alkanes) is 1. The van der Waals surface area contributed by atoms with Gasteiger partial charge in [0.25, 0.3) is 0 Å². The Bertz CT molecular complexity index is 341. The molecule has 0 N–H and O–H groups in total. The fraction of sp³-hybridized carbons (Fsp3) is 0.833. The molecule has 0 radical (unpaired) electrons. The third kappa shape index (κ3) is 3.84. The van der Waals surface area contributed by atoms with Crippen molar-refractivity contribution in [2.45, 2.75) is 45.6 Å². The van der Waals surface area contributed by atoms with Crippen molar-refractivity contribution in [3.63, 3.8) is 0 Å². The minimum atomic E-state index is -1.19. The molecule has 0 amide bonds. The first-order chi connectivity index (χ1) is 8.88. The van der Waals surface area contributed by atoms with Crippen LogP contribution in [0, 0.1) is 5.41 Å². The average Bonchev–Trinajstić information content (AvgIpc) is 2.38. The van der Waals surface area contributed by atoms with Crippen molar-refractivity contribution in [2.24, 2.45) is 5.41 Å². The number of hydrogen-bond donors (Lipinski definition) is 1. The first-order valence-corrected chi connectivity index (χ1v) is 6.86. The average molecular weight is 292 g/mol. The van der Waals surface area contributed by atoms with Crippen molar-refractivity contribution in [3.05, 3.63) is 0 Å². The van der Waals surface area contributed by atoms with Gasteiger partial charge in [-0.2, -0.15) is 12.6 Å². The third-order valence-electron chi connectivity index (χ3n) is 3.13. The Morgan fingerprint density at radius 3 is 2.47 bits per heavy atom. The van der Waals surface area contributed by atoms with Gasteiger partial charge in [-0.3, -0.25) is 0 Å². The summed E-state index contributed by atoms with van der Waals surface area (Å²) in [5.74, 6) is -1.07. The van der Waals surface area contributed by atoms with Crippen LogP contribution in [0.25, 0.3) is 0 Å². The molecule has 2 atom stereocenters. The Balaban J connectivity index is 2.46. The lowest BCUT2D eigenvalue weighted by molar-refractivity contribution is -0.459. The lowest BCUT2D eigenvalue weighted by atomic mass is 9.87. The van der Waals surface area contributed by atoms with E-state index in [0.717, 1.165) is 12.8 Å². The third-order valence-corrected chi connectivity index (χ3v) is 3.82. The molecule has 2 unspecified atom stereocenters. The minimum Gasteiger partial charge on any atom is -0.247 e. The summed E-state index contributed by atoms with van der Waals surface area (Å²) in [5.41, 5.74) is -1.96. The van der Waals surface area contributed by atoms with E-state index in [-0.39, 0.29) is 6.61 Å². The first-order valence-electron chi connectivity index (χ1n) is 6.23. The summed E-state index contributed by atoms with van der Waals surface area (Å²) >= 11 is 4.16. The van der Waals surface area contributed by atoms with Gasteiger partial charge >= 0.3 is 11.9 Å². The van der Waals surface area contributed by atoms with Gasteiger partial charge in [-0.25, -0.2) is 29.1 Å². The number of rotatable bonds is 6. The van der Waals surface area contributed by atoms with Gasteiger partial charge in [0, 0.05) is 5.75 Å². The molecule has 0 bridgehead atoms. The molecule has 110 valence electrons. The van der Waals surface area contributed by atoms with E-state index < -0.39 is 23.0 Å². The van der Waals surface area contributed by atoms with Crippen LogP contribution in [-0.4, -0.2) is 29.9 Å². The zero-order valence-electron chi connectivity index (χ0n) is 11.4. The van der Waals surface area contributed by atoms with Gasteiger partial charge in [0.05, 0.1) is 5.41 Å². The van der Waals surface area contributed by atoms with Gasteiger partial charge in [0.2, 0.25) is 5.60 Å². The highest BCUT2D eigenvalue weighted by atomic mass is 32.1. The van der Waals surface area contributed by atoms with Crippen LogP contribution in [0.5, 0.6) is 0 Å². The van der Waals surface area contributed by atoms with Gasteiger partial charge in [0.15, 0.2) is 0 Å². The highest BCUT2D eigenvalue weighted by molar-refractivity contribution is 7.80. The molecule has 0 aromatic heterocycles. The molecule has 19 heavy (non-hydrogen) atoms. The Morgan fingerprint density at radius 2 is 2.05 bits per heavy atom. The molecule has 1 saturated heterocycles. The van der Waals surface area contributed by atoms with E-state index in [1.807, 2.05) is 6.92 Å². The Kier molecular flexibility index (Phi) is 5.64. The highest BCUT2D eigenvalue weighted by Gasteiger charge is 2.48. The van der Waals surface area contributed by atoms with E-state index in [1.165, 1.54) is 6.92 Å². The number of carbonyl (C=O) groups excluding carboxylic acids is 2. The van der Waals surface area contributed by atoms with E-state index in [1.54, 1.807) is 6.92 Å². The Hall–Kier alpha value is -0.790. The van der Waals surface area contributed by atoms with Gasteiger partial charge in [0.1, 0.15) is 6.61 Å². The molecule has 1 fully saturated rings. The zero-order valence-corrected chi connectivity index (χ0v) is 12.3. The minimum absolute atomic E-state index is 0.0725. The van der Waals surface area contributed by atoms with E-state index in [2.05, 4.69) is 32.2 Å².